The van der Waals surface area contributed by atoms with Gasteiger partial charge in [0.25, 0.3) is 0 Å². The third kappa shape index (κ3) is 3.80. The summed E-state index contributed by atoms with van der Waals surface area (Å²) in [5.41, 5.74) is -1.54. The van der Waals surface area contributed by atoms with Crippen LogP contribution >= 0.6 is 0 Å². The van der Waals surface area contributed by atoms with Crippen molar-refractivity contribution in [3.8, 4) is 5.75 Å². The summed E-state index contributed by atoms with van der Waals surface area (Å²) in [6, 6.07) is 10.8. The van der Waals surface area contributed by atoms with Crippen molar-refractivity contribution in [3.05, 3.63) is 59.3 Å². The topological polar surface area (TPSA) is 84.7 Å². The van der Waals surface area contributed by atoms with Gasteiger partial charge in [0.05, 0.1) is 6.54 Å². The SMILES string of the molecule is O=C(Cn1cccnc1=O)N1CC[C@@](O)(COc2ccccc2)C1. The molecule has 3 rings (SSSR count). The van der Waals surface area contributed by atoms with Crippen molar-refractivity contribution in [2.45, 2.75) is 18.6 Å². The number of hydrogen-bond acceptors (Lipinski definition) is 5. The van der Waals surface area contributed by atoms with Gasteiger partial charge in [0.1, 0.15) is 24.5 Å². The molecule has 1 aliphatic heterocycles. The molecule has 1 aromatic carbocycles. The van der Waals surface area contributed by atoms with Gasteiger partial charge in [-0.15, -0.1) is 0 Å². The molecular formula is C17H19N3O4. The van der Waals surface area contributed by atoms with Crippen LogP contribution in [-0.4, -0.2) is 50.8 Å². The van der Waals surface area contributed by atoms with E-state index in [4.69, 9.17) is 4.74 Å². The van der Waals surface area contributed by atoms with Crippen molar-refractivity contribution in [1.29, 1.82) is 0 Å². The molecule has 2 heterocycles. The van der Waals surface area contributed by atoms with Crippen LogP contribution in [0, 0.1) is 0 Å². The minimum absolute atomic E-state index is 0.0811. The molecule has 1 saturated heterocycles. The van der Waals surface area contributed by atoms with Gasteiger partial charge in [0, 0.05) is 18.9 Å². The van der Waals surface area contributed by atoms with E-state index in [1.54, 1.807) is 11.0 Å². The molecule has 7 heteroatoms. The zero-order chi connectivity index (χ0) is 17.0. The monoisotopic (exact) mass is 329 g/mol. The van der Waals surface area contributed by atoms with Gasteiger partial charge < -0.3 is 14.7 Å². The molecule has 1 amide bonds. The first-order valence-electron chi connectivity index (χ1n) is 7.75. The first kappa shape index (κ1) is 16.2. The summed E-state index contributed by atoms with van der Waals surface area (Å²) in [5, 5.41) is 10.6. The minimum atomic E-state index is -1.08. The lowest BCUT2D eigenvalue weighted by atomic mass is 10.1. The van der Waals surface area contributed by atoms with Crippen LogP contribution in [0.3, 0.4) is 0 Å². The molecule has 1 aromatic heterocycles. The van der Waals surface area contributed by atoms with Crippen molar-refractivity contribution in [1.82, 2.24) is 14.5 Å². The Morgan fingerprint density at radius 1 is 1.29 bits per heavy atom. The van der Waals surface area contributed by atoms with Crippen LogP contribution in [0.1, 0.15) is 6.42 Å². The molecule has 1 atom stereocenters. The van der Waals surface area contributed by atoms with Crippen LogP contribution in [-0.2, 0) is 11.3 Å². The Hall–Kier alpha value is -2.67. The first-order chi connectivity index (χ1) is 11.6. The molecule has 1 fully saturated rings. The standard InChI is InChI=1S/C17H19N3O4/c21-15(11-19-9-4-8-18-16(19)22)20-10-7-17(23,12-20)13-24-14-5-2-1-3-6-14/h1-6,8-9,23H,7,10-13H2/t17-/m0/s1. The van der Waals surface area contributed by atoms with Gasteiger partial charge >= 0.3 is 5.69 Å². The highest BCUT2D eigenvalue weighted by atomic mass is 16.5. The molecule has 0 unspecified atom stereocenters. The number of para-hydroxylation sites is 1. The molecule has 2 aromatic rings. The number of benzene rings is 1. The number of nitrogens with zero attached hydrogens (tertiary/aromatic N) is 3. The highest BCUT2D eigenvalue weighted by Crippen LogP contribution is 2.23. The van der Waals surface area contributed by atoms with Gasteiger partial charge in [-0.25, -0.2) is 9.78 Å². The zero-order valence-corrected chi connectivity index (χ0v) is 13.2. The Bertz CT molecular complexity index is 762. The summed E-state index contributed by atoms with van der Waals surface area (Å²) < 4.78 is 6.86. The molecule has 7 nitrogen and oxygen atoms in total. The van der Waals surface area contributed by atoms with Crippen LogP contribution in [0.4, 0.5) is 0 Å². The molecule has 0 saturated carbocycles. The minimum Gasteiger partial charge on any atom is -0.491 e. The van der Waals surface area contributed by atoms with Crippen LogP contribution < -0.4 is 10.4 Å². The fraction of sp³-hybridized carbons (Fsp3) is 0.353. The number of amides is 1. The van der Waals surface area contributed by atoms with Crippen molar-refractivity contribution in [3.63, 3.8) is 0 Å². The van der Waals surface area contributed by atoms with Crippen molar-refractivity contribution < 1.29 is 14.6 Å². The molecule has 0 aliphatic carbocycles. The lowest BCUT2D eigenvalue weighted by Gasteiger charge is -2.23. The molecule has 0 spiro atoms. The molecule has 24 heavy (non-hydrogen) atoms. The fourth-order valence-corrected chi connectivity index (χ4v) is 2.67. The average molecular weight is 329 g/mol. The first-order valence-corrected chi connectivity index (χ1v) is 7.75. The van der Waals surface area contributed by atoms with Crippen LogP contribution in [0.25, 0.3) is 0 Å². The summed E-state index contributed by atoms with van der Waals surface area (Å²) in [5.74, 6) is 0.457. The highest BCUT2D eigenvalue weighted by Gasteiger charge is 2.39. The van der Waals surface area contributed by atoms with E-state index in [1.165, 1.54) is 17.0 Å². The fourth-order valence-electron chi connectivity index (χ4n) is 2.67. The predicted octanol–water partition coefficient (Wildman–Crippen LogP) is 0.286. The van der Waals surface area contributed by atoms with Gasteiger partial charge in [0.2, 0.25) is 5.91 Å². The highest BCUT2D eigenvalue weighted by molar-refractivity contribution is 5.76. The molecule has 1 aliphatic rings. The van der Waals surface area contributed by atoms with E-state index in [0.29, 0.717) is 18.7 Å². The summed E-state index contributed by atoms with van der Waals surface area (Å²) in [4.78, 5) is 29.1. The second-order valence-electron chi connectivity index (χ2n) is 5.92. The molecule has 1 N–H and O–H groups in total. The van der Waals surface area contributed by atoms with Crippen molar-refractivity contribution in [2.24, 2.45) is 0 Å². The summed E-state index contributed by atoms with van der Waals surface area (Å²) in [6.45, 7) is 0.659. The maximum absolute atomic E-state index is 12.3. The number of aliphatic hydroxyl groups is 1. The van der Waals surface area contributed by atoms with Crippen LogP contribution in [0.2, 0.25) is 0 Å². The third-order valence-corrected chi connectivity index (χ3v) is 4.02. The van der Waals surface area contributed by atoms with Gasteiger partial charge in [-0.1, -0.05) is 18.2 Å². The maximum Gasteiger partial charge on any atom is 0.347 e. The smallest absolute Gasteiger partial charge is 0.347 e. The van der Waals surface area contributed by atoms with E-state index in [9.17, 15) is 14.7 Å². The summed E-state index contributed by atoms with van der Waals surface area (Å²) in [6.07, 6.45) is 3.35. The molecule has 0 radical (unpaired) electrons. The second kappa shape index (κ2) is 6.84. The number of hydrogen-bond donors (Lipinski definition) is 1. The third-order valence-electron chi connectivity index (χ3n) is 4.02. The Morgan fingerprint density at radius 3 is 2.83 bits per heavy atom. The lowest BCUT2D eigenvalue weighted by molar-refractivity contribution is -0.132. The number of carbonyl (C=O) groups is 1. The van der Waals surface area contributed by atoms with E-state index < -0.39 is 11.3 Å². The number of ether oxygens (including phenoxy) is 1. The molecule has 0 bridgehead atoms. The second-order valence-corrected chi connectivity index (χ2v) is 5.92. The summed E-state index contributed by atoms with van der Waals surface area (Å²) in [7, 11) is 0. The van der Waals surface area contributed by atoms with E-state index in [-0.39, 0.29) is 25.6 Å². The molecular weight excluding hydrogens is 310 g/mol. The van der Waals surface area contributed by atoms with E-state index >= 15 is 0 Å². The largest absolute Gasteiger partial charge is 0.491 e. The summed E-state index contributed by atoms with van der Waals surface area (Å²) >= 11 is 0. The number of rotatable bonds is 5. The maximum atomic E-state index is 12.3. The average Bonchev–Trinajstić information content (AvgIpc) is 2.99. The van der Waals surface area contributed by atoms with Crippen LogP contribution in [0.5, 0.6) is 5.75 Å². The normalized spacial score (nSPS) is 20.1. The zero-order valence-electron chi connectivity index (χ0n) is 13.2. The van der Waals surface area contributed by atoms with Crippen LogP contribution in [0.15, 0.2) is 53.6 Å². The number of carbonyl (C=O) groups excluding carboxylic acids is 1. The van der Waals surface area contributed by atoms with E-state index in [1.807, 2.05) is 30.3 Å². The van der Waals surface area contributed by atoms with Crippen molar-refractivity contribution >= 4 is 5.91 Å². The van der Waals surface area contributed by atoms with E-state index in [2.05, 4.69) is 4.98 Å². The van der Waals surface area contributed by atoms with Gasteiger partial charge in [-0.2, -0.15) is 0 Å². The number of aromatic nitrogens is 2. The Labute approximate surface area is 139 Å². The molecule has 126 valence electrons. The van der Waals surface area contributed by atoms with Gasteiger partial charge in [-0.05, 0) is 24.6 Å². The Morgan fingerprint density at radius 2 is 2.08 bits per heavy atom. The van der Waals surface area contributed by atoms with E-state index in [0.717, 1.165) is 0 Å². The number of likely N-dealkylation sites (tertiary alicyclic amines) is 1. The van der Waals surface area contributed by atoms with Gasteiger partial charge in [0.15, 0.2) is 0 Å². The van der Waals surface area contributed by atoms with Gasteiger partial charge in [-0.3, -0.25) is 9.36 Å². The Balaban J connectivity index is 1.57. The predicted molar refractivity (Wildman–Crippen MR) is 86.6 cm³/mol. The number of β-amino-alcohol motifs (C(OH)–C–C–N with tert-alkyl or cyclic N) is 1. The Kier molecular flexibility index (Phi) is 4.61. The lowest BCUT2D eigenvalue weighted by Crippen LogP contribution is -2.42. The quantitative estimate of drug-likeness (QED) is 0.852. The van der Waals surface area contributed by atoms with Crippen molar-refractivity contribution in [2.75, 3.05) is 19.7 Å².